The van der Waals surface area contributed by atoms with Gasteiger partial charge in [-0.25, -0.2) is 4.79 Å². The van der Waals surface area contributed by atoms with Crippen LogP contribution in [-0.4, -0.2) is 27.9 Å². The Bertz CT molecular complexity index is 707. The highest BCUT2D eigenvalue weighted by Crippen LogP contribution is 2.65. The lowest BCUT2D eigenvalue weighted by Gasteiger charge is -2.54. The van der Waals surface area contributed by atoms with Crippen LogP contribution in [-0.2, 0) is 9.53 Å². The van der Waals surface area contributed by atoms with E-state index in [0.717, 1.165) is 25.7 Å². The third kappa shape index (κ3) is 2.17. The molecule has 5 heteroatoms. The molecule has 2 N–H and O–H groups in total. The van der Waals surface area contributed by atoms with E-state index in [2.05, 4.69) is 13.0 Å². The van der Waals surface area contributed by atoms with Gasteiger partial charge in [0.25, 0.3) is 0 Å². The first kappa shape index (κ1) is 16.8. The van der Waals surface area contributed by atoms with E-state index < -0.39 is 17.4 Å². The Morgan fingerprint density at radius 3 is 2.72 bits per heavy atom. The van der Waals surface area contributed by atoms with Crippen LogP contribution in [0, 0.1) is 22.7 Å². The fraction of sp³-hybridized carbons (Fsp3) is 0.700. The van der Waals surface area contributed by atoms with Gasteiger partial charge in [0.05, 0.1) is 0 Å². The standard InChI is InChI=1S/C20H26O5/c1-18-8-5-13(21)11-12(18)3-4-14-15(18)6-9-19(2)16(14)7-10-20(19,24)25-17(22)23/h6,11,14,16,24H,3-5,7-10H2,1-2H3,(H,22,23)/t14-,16+,18+,19+,20+/m1/s1. The van der Waals surface area contributed by atoms with Crippen molar-refractivity contribution in [3.8, 4) is 0 Å². The zero-order chi connectivity index (χ0) is 18.0. The Kier molecular flexibility index (Phi) is 3.50. The van der Waals surface area contributed by atoms with Crippen LogP contribution in [0.4, 0.5) is 4.79 Å². The number of carbonyl (C=O) groups excluding carboxylic acids is 1. The summed E-state index contributed by atoms with van der Waals surface area (Å²) < 4.78 is 4.98. The predicted octanol–water partition coefficient (Wildman–Crippen LogP) is 3.82. The molecule has 136 valence electrons. The van der Waals surface area contributed by atoms with Crippen LogP contribution in [0.1, 0.15) is 58.8 Å². The summed E-state index contributed by atoms with van der Waals surface area (Å²) in [5.74, 6) is -0.823. The Balaban J connectivity index is 1.73. The van der Waals surface area contributed by atoms with Crippen molar-refractivity contribution in [3.63, 3.8) is 0 Å². The predicted molar refractivity (Wildman–Crippen MR) is 90.7 cm³/mol. The van der Waals surface area contributed by atoms with Gasteiger partial charge in [-0.3, -0.25) is 4.79 Å². The van der Waals surface area contributed by atoms with E-state index >= 15 is 0 Å². The molecule has 0 aromatic rings. The van der Waals surface area contributed by atoms with Crippen LogP contribution in [0.5, 0.6) is 0 Å². The number of rotatable bonds is 1. The first-order chi connectivity index (χ1) is 11.7. The van der Waals surface area contributed by atoms with E-state index in [0.29, 0.717) is 25.2 Å². The molecule has 5 atom stereocenters. The third-order valence-electron chi connectivity index (χ3n) is 7.67. The first-order valence-electron chi connectivity index (χ1n) is 9.28. The highest BCUT2D eigenvalue weighted by Gasteiger charge is 2.64. The number of ether oxygens (including phenoxy) is 1. The molecule has 2 fully saturated rings. The van der Waals surface area contributed by atoms with E-state index in [1.165, 1.54) is 11.1 Å². The topological polar surface area (TPSA) is 83.8 Å². The minimum atomic E-state index is -1.61. The fourth-order valence-corrected chi connectivity index (χ4v) is 6.14. The van der Waals surface area contributed by atoms with Crippen LogP contribution in [0.25, 0.3) is 0 Å². The minimum Gasteiger partial charge on any atom is -0.450 e. The maximum absolute atomic E-state index is 11.8. The lowest BCUT2D eigenvalue weighted by Crippen LogP contribution is -2.52. The van der Waals surface area contributed by atoms with Gasteiger partial charge in [0.15, 0.2) is 5.78 Å². The Morgan fingerprint density at radius 2 is 2.00 bits per heavy atom. The largest absolute Gasteiger partial charge is 0.508 e. The van der Waals surface area contributed by atoms with Gasteiger partial charge >= 0.3 is 6.16 Å². The summed E-state index contributed by atoms with van der Waals surface area (Å²) in [4.78, 5) is 22.9. The molecule has 0 aromatic heterocycles. The molecule has 0 heterocycles. The van der Waals surface area contributed by atoms with Gasteiger partial charge in [0.1, 0.15) is 0 Å². The number of hydrogen-bond acceptors (Lipinski definition) is 4. The molecule has 0 saturated heterocycles. The number of ketones is 1. The second kappa shape index (κ2) is 5.19. The molecule has 2 saturated carbocycles. The summed E-state index contributed by atoms with van der Waals surface area (Å²) in [5.41, 5.74) is 2.03. The maximum Gasteiger partial charge on any atom is 0.508 e. The van der Waals surface area contributed by atoms with Crippen molar-refractivity contribution in [2.24, 2.45) is 22.7 Å². The fourth-order valence-electron chi connectivity index (χ4n) is 6.14. The van der Waals surface area contributed by atoms with Crippen molar-refractivity contribution in [3.05, 3.63) is 23.3 Å². The second-order valence-corrected chi connectivity index (χ2v) is 8.69. The number of fused-ring (bicyclic) bond motifs is 5. The van der Waals surface area contributed by atoms with Gasteiger partial charge in [0.2, 0.25) is 5.79 Å². The van der Waals surface area contributed by atoms with E-state index in [1.807, 2.05) is 13.0 Å². The highest BCUT2D eigenvalue weighted by molar-refractivity contribution is 5.92. The van der Waals surface area contributed by atoms with Crippen LogP contribution < -0.4 is 0 Å². The van der Waals surface area contributed by atoms with Crippen LogP contribution in [0.3, 0.4) is 0 Å². The molecule has 4 aliphatic carbocycles. The van der Waals surface area contributed by atoms with E-state index in [4.69, 9.17) is 9.84 Å². The number of carbonyl (C=O) groups is 2. The van der Waals surface area contributed by atoms with Gasteiger partial charge in [-0.15, -0.1) is 0 Å². The molecule has 4 rings (SSSR count). The van der Waals surface area contributed by atoms with E-state index in [-0.39, 0.29) is 17.1 Å². The van der Waals surface area contributed by atoms with Crippen molar-refractivity contribution in [1.82, 2.24) is 0 Å². The van der Waals surface area contributed by atoms with Crippen molar-refractivity contribution in [2.75, 3.05) is 0 Å². The molecule has 5 nitrogen and oxygen atoms in total. The second-order valence-electron chi connectivity index (χ2n) is 8.69. The van der Waals surface area contributed by atoms with Crippen molar-refractivity contribution in [2.45, 2.75) is 64.6 Å². The lowest BCUT2D eigenvalue weighted by molar-refractivity contribution is -0.238. The Hall–Kier alpha value is -1.62. The molecule has 0 bridgehead atoms. The van der Waals surface area contributed by atoms with Crippen molar-refractivity contribution >= 4 is 11.9 Å². The molecular weight excluding hydrogens is 320 g/mol. The zero-order valence-electron chi connectivity index (χ0n) is 14.9. The SMILES string of the molecule is C[C@]12CCC(=O)C=C1CC[C@@H]1C2=CC[C@@]2(C)[C@H]1CC[C@]2(O)OC(=O)O. The molecule has 4 aliphatic rings. The summed E-state index contributed by atoms with van der Waals surface area (Å²) in [6, 6.07) is 0. The quantitative estimate of drug-likeness (QED) is 0.428. The number of aliphatic hydroxyl groups is 1. The van der Waals surface area contributed by atoms with E-state index in [1.54, 1.807) is 0 Å². The monoisotopic (exact) mass is 346 g/mol. The molecule has 0 amide bonds. The van der Waals surface area contributed by atoms with Crippen molar-refractivity contribution < 1.29 is 24.5 Å². The smallest absolute Gasteiger partial charge is 0.450 e. The lowest BCUT2D eigenvalue weighted by atomic mass is 9.51. The Morgan fingerprint density at radius 1 is 1.24 bits per heavy atom. The molecule has 0 unspecified atom stereocenters. The van der Waals surface area contributed by atoms with Crippen molar-refractivity contribution in [1.29, 1.82) is 0 Å². The molecule has 25 heavy (non-hydrogen) atoms. The zero-order valence-corrected chi connectivity index (χ0v) is 14.9. The number of hydrogen-bond donors (Lipinski definition) is 2. The summed E-state index contributed by atoms with van der Waals surface area (Å²) in [5, 5.41) is 20.0. The number of carboxylic acid groups (broad SMARTS) is 1. The minimum absolute atomic E-state index is 0.0491. The van der Waals surface area contributed by atoms with E-state index in [9.17, 15) is 14.7 Å². The molecule has 0 aliphatic heterocycles. The van der Waals surface area contributed by atoms with Crippen LogP contribution >= 0.6 is 0 Å². The molecular formula is C20H26O5. The molecule has 0 spiro atoms. The summed E-state index contributed by atoms with van der Waals surface area (Å²) in [6.45, 7) is 4.22. The average Bonchev–Trinajstić information content (AvgIpc) is 2.79. The number of allylic oxidation sites excluding steroid dienone is 4. The summed E-state index contributed by atoms with van der Waals surface area (Å²) >= 11 is 0. The van der Waals surface area contributed by atoms with Gasteiger partial charge in [-0.05, 0) is 50.0 Å². The maximum atomic E-state index is 11.8. The highest BCUT2D eigenvalue weighted by atomic mass is 16.7. The molecule has 0 radical (unpaired) electrons. The third-order valence-corrected chi connectivity index (χ3v) is 7.67. The van der Waals surface area contributed by atoms with Gasteiger partial charge in [0, 0.05) is 23.7 Å². The van der Waals surface area contributed by atoms with Crippen LogP contribution in [0.2, 0.25) is 0 Å². The first-order valence-corrected chi connectivity index (χ1v) is 9.28. The van der Waals surface area contributed by atoms with Gasteiger partial charge < -0.3 is 14.9 Å². The Labute approximate surface area is 147 Å². The van der Waals surface area contributed by atoms with Crippen LogP contribution in [0.15, 0.2) is 23.3 Å². The summed E-state index contributed by atoms with van der Waals surface area (Å²) in [6.07, 6.45) is 7.73. The normalized spacial score (nSPS) is 45.6. The summed E-state index contributed by atoms with van der Waals surface area (Å²) in [7, 11) is 0. The average molecular weight is 346 g/mol. The molecule has 0 aromatic carbocycles. The van der Waals surface area contributed by atoms with Gasteiger partial charge in [-0.1, -0.05) is 31.1 Å². The van der Waals surface area contributed by atoms with Gasteiger partial charge in [-0.2, -0.15) is 0 Å².